The van der Waals surface area contributed by atoms with Crippen molar-refractivity contribution in [1.29, 1.82) is 0 Å². The first-order valence-corrected chi connectivity index (χ1v) is 30.5. The Morgan fingerprint density at radius 2 is 0.800 bits per heavy atom. The second-order valence-electron chi connectivity index (χ2n) is 20.7. The van der Waals surface area contributed by atoms with Gasteiger partial charge in [0.2, 0.25) is 0 Å². The topological polar surface area (TPSA) is 108 Å². The SMILES string of the molecule is CC/C=C\C/C=C\C/C=C\C/C=C\C/C=C\CC(=O)OC(COC(=O)CCCCCCCCCCCCCCCCCCCCCCCCCCCCCCCCC)COP(=O)(O)OCC[N+](C)(C)C. The van der Waals surface area contributed by atoms with Gasteiger partial charge in [-0.1, -0.05) is 267 Å². The summed E-state index contributed by atoms with van der Waals surface area (Å²) in [6.07, 6.45) is 66.4. The molecule has 0 bridgehead atoms. The largest absolute Gasteiger partial charge is 0.472 e. The predicted octanol–water partition coefficient (Wildman–Crippen LogP) is 17.9. The fourth-order valence-electron chi connectivity index (χ4n) is 8.15. The molecule has 70 heavy (non-hydrogen) atoms. The number of carbonyl (C=O) groups is 2. The van der Waals surface area contributed by atoms with E-state index in [-0.39, 0.29) is 32.0 Å². The third-order valence-electron chi connectivity index (χ3n) is 12.6. The number of hydrogen-bond acceptors (Lipinski definition) is 7. The van der Waals surface area contributed by atoms with Crippen LogP contribution in [0.25, 0.3) is 0 Å². The second-order valence-corrected chi connectivity index (χ2v) is 22.1. The summed E-state index contributed by atoms with van der Waals surface area (Å²) in [4.78, 5) is 35.5. The summed E-state index contributed by atoms with van der Waals surface area (Å²) in [5.74, 6) is -0.938. The minimum absolute atomic E-state index is 0.00837. The van der Waals surface area contributed by atoms with Crippen LogP contribution in [0.5, 0.6) is 0 Å². The highest BCUT2D eigenvalue weighted by Crippen LogP contribution is 2.43. The van der Waals surface area contributed by atoms with Crippen molar-refractivity contribution in [2.45, 2.75) is 264 Å². The van der Waals surface area contributed by atoms with Crippen molar-refractivity contribution < 1.29 is 42.1 Å². The summed E-state index contributed by atoms with van der Waals surface area (Å²) in [5.41, 5.74) is 0. The molecule has 10 heteroatoms. The molecule has 0 rings (SSSR count). The van der Waals surface area contributed by atoms with Gasteiger partial charge < -0.3 is 18.9 Å². The molecule has 0 saturated carbocycles. The molecule has 0 aliphatic rings. The second kappa shape index (κ2) is 51.6. The molecule has 1 N–H and O–H groups in total. The van der Waals surface area contributed by atoms with E-state index in [4.69, 9.17) is 18.5 Å². The number of esters is 2. The van der Waals surface area contributed by atoms with Gasteiger partial charge in [0.15, 0.2) is 6.10 Å². The molecule has 0 aromatic rings. The van der Waals surface area contributed by atoms with Crippen LogP contribution in [0, 0.1) is 0 Å². The number of allylic oxidation sites excluding steroid dienone is 9. The van der Waals surface area contributed by atoms with Crippen LogP contribution in [0.2, 0.25) is 0 Å². The Morgan fingerprint density at radius 1 is 0.457 bits per heavy atom. The molecule has 0 fully saturated rings. The first-order valence-electron chi connectivity index (χ1n) is 29.0. The van der Waals surface area contributed by atoms with E-state index >= 15 is 0 Å². The first-order chi connectivity index (χ1) is 34.0. The van der Waals surface area contributed by atoms with Gasteiger partial charge in [-0.25, -0.2) is 4.57 Å². The number of hydrogen-bond donors (Lipinski definition) is 1. The lowest BCUT2D eigenvalue weighted by Gasteiger charge is -2.24. The van der Waals surface area contributed by atoms with Crippen molar-refractivity contribution >= 4 is 19.8 Å². The van der Waals surface area contributed by atoms with E-state index in [9.17, 15) is 19.0 Å². The number of likely N-dealkylation sites (N-methyl/N-ethyl adjacent to an activating group) is 1. The minimum atomic E-state index is -4.41. The van der Waals surface area contributed by atoms with Crippen molar-refractivity contribution in [2.24, 2.45) is 0 Å². The molecular formula is C60H111NO8P+. The average molecular weight is 1010 g/mol. The summed E-state index contributed by atoms with van der Waals surface area (Å²) < 4.78 is 34.3. The fourth-order valence-corrected chi connectivity index (χ4v) is 8.89. The zero-order chi connectivity index (χ0) is 51.3. The number of nitrogens with zero attached hydrogens (tertiary/aromatic N) is 1. The van der Waals surface area contributed by atoms with Crippen molar-refractivity contribution in [3.05, 3.63) is 60.8 Å². The first kappa shape index (κ1) is 67.7. The summed E-state index contributed by atoms with van der Waals surface area (Å²) in [5, 5.41) is 0. The highest BCUT2D eigenvalue weighted by Gasteiger charge is 2.27. The van der Waals surface area contributed by atoms with Gasteiger partial charge in [-0.3, -0.25) is 18.6 Å². The quantitative estimate of drug-likeness (QED) is 0.0211. The van der Waals surface area contributed by atoms with Gasteiger partial charge in [0.1, 0.15) is 19.8 Å². The molecule has 0 heterocycles. The molecule has 0 radical (unpaired) electrons. The Bertz CT molecular complexity index is 1370. The number of phosphoric acid groups is 1. The molecule has 0 saturated heterocycles. The van der Waals surface area contributed by atoms with E-state index < -0.39 is 26.5 Å². The Hall–Kier alpha value is -2.29. The van der Waals surface area contributed by atoms with Crippen LogP contribution in [0.3, 0.4) is 0 Å². The predicted molar refractivity (Wildman–Crippen MR) is 298 cm³/mol. The number of rotatable bonds is 53. The van der Waals surface area contributed by atoms with E-state index in [1.807, 2.05) is 33.3 Å². The molecular weight excluding hydrogens is 894 g/mol. The summed E-state index contributed by atoms with van der Waals surface area (Å²) in [6.45, 7) is 4.23. The van der Waals surface area contributed by atoms with Crippen molar-refractivity contribution in [2.75, 3.05) is 47.5 Å². The molecule has 0 aromatic carbocycles. The maximum Gasteiger partial charge on any atom is 0.472 e. The van der Waals surface area contributed by atoms with Gasteiger partial charge >= 0.3 is 19.8 Å². The zero-order valence-electron chi connectivity index (χ0n) is 46.2. The van der Waals surface area contributed by atoms with Gasteiger partial charge in [-0.15, -0.1) is 0 Å². The van der Waals surface area contributed by atoms with E-state index in [1.54, 1.807) is 6.08 Å². The Morgan fingerprint density at radius 3 is 1.16 bits per heavy atom. The number of phosphoric ester groups is 1. The van der Waals surface area contributed by atoms with Gasteiger partial charge in [0.05, 0.1) is 34.2 Å². The van der Waals surface area contributed by atoms with Crippen LogP contribution < -0.4 is 0 Å². The minimum Gasteiger partial charge on any atom is -0.462 e. The van der Waals surface area contributed by atoms with Crippen molar-refractivity contribution in [3.8, 4) is 0 Å². The van der Waals surface area contributed by atoms with E-state index in [0.717, 1.165) is 44.9 Å². The third-order valence-corrected chi connectivity index (χ3v) is 13.6. The molecule has 0 aliphatic heterocycles. The molecule has 2 unspecified atom stereocenters. The van der Waals surface area contributed by atoms with Crippen LogP contribution in [0.15, 0.2) is 60.8 Å². The summed E-state index contributed by atoms with van der Waals surface area (Å²) in [6, 6.07) is 0. The maximum absolute atomic E-state index is 12.7. The number of quaternary nitrogens is 1. The number of unbranched alkanes of at least 4 members (excludes halogenated alkanes) is 30. The number of carbonyl (C=O) groups excluding carboxylic acids is 2. The van der Waals surface area contributed by atoms with E-state index in [2.05, 4.69) is 56.4 Å². The highest BCUT2D eigenvalue weighted by molar-refractivity contribution is 7.47. The van der Waals surface area contributed by atoms with Crippen molar-refractivity contribution in [3.63, 3.8) is 0 Å². The molecule has 0 aliphatic carbocycles. The van der Waals surface area contributed by atoms with Crippen LogP contribution in [0.1, 0.15) is 258 Å². The molecule has 2 atom stereocenters. The van der Waals surface area contributed by atoms with Crippen LogP contribution in [0.4, 0.5) is 0 Å². The lowest BCUT2D eigenvalue weighted by atomic mass is 10.0. The van der Waals surface area contributed by atoms with E-state index in [1.165, 1.54) is 180 Å². The lowest BCUT2D eigenvalue weighted by Crippen LogP contribution is -2.37. The van der Waals surface area contributed by atoms with Gasteiger partial charge in [0, 0.05) is 6.42 Å². The maximum atomic E-state index is 12.7. The smallest absolute Gasteiger partial charge is 0.462 e. The summed E-state index contributed by atoms with van der Waals surface area (Å²) in [7, 11) is 1.42. The van der Waals surface area contributed by atoms with Gasteiger partial charge in [-0.2, -0.15) is 0 Å². The fraction of sp³-hybridized carbons (Fsp3) is 0.800. The Labute approximate surface area is 432 Å². The molecule has 9 nitrogen and oxygen atoms in total. The average Bonchev–Trinajstić information content (AvgIpc) is 3.32. The highest BCUT2D eigenvalue weighted by atomic mass is 31.2. The van der Waals surface area contributed by atoms with Crippen LogP contribution in [-0.2, 0) is 32.7 Å². The molecule has 0 aromatic heterocycles. The Balaban J connectivity index is 4.06. The molecule has 0 spiro atoms. The number of ether oxygens (including phenoxy) is 2. The van der Waals surface area contributed by atoms with Crippen molar-refractivity contribution in [1.82, 2.24) is 0 Å². The van der Waals surface area contributed by atoms with E-state index in [0.29, 0.717) is 17.4 Å². The van der Waals surface area contributed by atoms with Crippen LogP contribution in [-0.4, -0.2) is 74.9 Å². The molecule has 0 amide bonds. The summed E-state index contributed by atoms with van der Waals surface area (Å²) >= 11 is 0. The van der Waals surface area contributed by atoms with Gasteiger partial charge in [-0.05, 0) is 38.5 Å². The lowest BCUT2D eigenvalue weighted by molar-refractivity contribution is -0.870. The van der Waals surface area contributed by atoms with Gasteiger partial charge in [0.25, 0.3) is 0 Å². The monoisotopic (exact) mass is 1000 g/mol. The van der Waals surface area contributed by atoms with Crippen LogP contribution >= 0.6 is 7.82 Å². The normalized spacial score (nSPS) is 13.7. The standard InChI is InChI=1S/C60H110NO8P/c1-6-8-10-12-14-16-18-20-22-23-24-25-26-27-28-29-30-31-32-33-34-35-36-37-39-40-42-44-46-48-50-52-59(62)66-56-58(57-68-70(64,65)67-55-54-61(3,4)5)69-60(63)53-51-49-47-45-43-41-38-21-19-17-15-13-11-9-7-2/h9,11,15,17,21,38,43,45,49,51,58H,6-8,10,12-14,16,18-20,22-37,39-42,44,46-48,50,52-57H2,1-5H3/p+1/b11-9-,17-15-,38-21-,45-43-,51-49-. The Kier molecular flexibility index (Phi) is 49.9. The third kappa shape index (κ3) is 55.0. The molecule has 408 valence electrons. The zero-order valence-corrected chi connectivity index (χ0v) is 47.1.